The highest BCUT2D eigenvalue weighted by Gasteiger charge is 2.21. The summed E-state index contributed by atoms with van der Waals surface area (Å²) >= 11 is 3.29. The number of rotatable bonds is 1. The number of hydrogen-bond donors (Lipinski definition) is 1. The van der Waals surface area contributed by atoms with Crippen molar-refractivity contribution in [1.29, 1.82) is 0 Å². The summed E-state index contributed by atoms with van der Waals surface area (Å²) in [4.78, 5) is 17.0. The molecule has 2 rings (SSSR count). The van der Waals surface area contributed by atoms with Crippen LogP contribution in [0.2, 0.25) is 0 Å². The number of nitrogen functional groups attached to an aromatic ring is 1. The molecule has 0 bridgehead atoms. The quantitative estimate of drug-likeness (QED) is 0.792. The number of benzene rings is 1. The van der Waals surface area contributed by atoms with Gasteiger partial charge in [0, 0.05) is 15.7 Å². The molecule has 80 valence electrons. The first kappa shape index (κ1) is 10.4. The molecule has 15 heavy (non-hydrogen) atoms. The van der Waals surface area contributed by atoms with Crippen LogP contribution in [0.5, 0.6) is 0 Å². The predicted molar refractivity (Wildman–Crippen MR) is 60.2 cm³/mol. The van der Waals surface area contributed by atoms with Crippen molar-refractivity contribution < 1.29 is 9.63 Å². The minimum atomic E-state index is -0.117. The normalized spacial score (nSPS) is 15.7. The van der Waals surface area contributed by atoms with Gasteiger partial charge >= 0.3 is 0 Å². The van der Waals surface area contributed by atoms with E-state index in [2.05, 4.69) is 15.9 Å². The lowest BCUT2D eigenvalue weighted by atomic mass is 10.2. The third-order valence-electron chi connectivity index (χ3n) is 2.23. The van der Waals surface area contributed by atoms with E-state index in [9.17, 15) is 4.79 Å². The first-order valence-corrected chi connectivity index (χ1v) is 5.47. The molecule has 0 aliphatic carbocycles. The zero-order valence-corrected chi connectivity index (χ0v) is 9.66. The molecular formula is C10H11BrN2O2. The number of amides is 1. The van der Waals surface area contributed by atoms with Gasteiger partial charge < -0.3 is 5.73 Å². The highest BCUT2D eigenvalue weighted by Crippen LogP contribution is 2.22. The summed E-state index contributed by atoms with van der Waals surface area (Å²) in [5.74, 6) is -0.117. The SMILES string of the molecule is Nc1ccc(C(=O)N2CCCO2)cc1Br. The summed E-state index contributed by atoms with van der Waals surface area (Å²) in [5.41, 5.74) is 6.84. The Hall–Kier alpha value is -1.07. The summed E-state index contributed by atoms with van der Waals surface area (Å²) in [5, 5.41) is 1.39. The molecule has 0 spiro atoms. The minimum absolute atomic E-state index is 0.117. The summed E-state index contributed by atoms with van der Waals surface area (Å²) in [6.07, 6.45) is 0.891. The van der Waals surface area contributed by atoms with Crippen LogP contribution in [-0.4, -0.2) is 24.1 Å². The third kappa shape index (κ3) is 2.13. The van der Waals surface area contributed by atoms with Crippen LogP contribution in [0.25, 0.3) is 0 Å². The van der Waals surface area contributed by atoms with Crippen LogP contribution in [-0.2, 0) is 4.84 Å². The highest BCUT2D eigenvalue weighted by molar-refractivity contribution is 9.10. The summed E-state index contributed by atoms with van der Waals surface area (Å²) in [6.45, 7) is 1.27. The van der Waals surface area contributed by atoms with Crippen LogP contribution in [0.1, 0.15) is 16.8 Å². The van der Waals surface area contributed by atoms with Crippen LogP contribution in [0.4, 0.5) is 5.69 Å². The number of carbonyl (C=O) groups is 1. The molecule has 0 aromatic heterocycles. The standard InChI is InChI=1S/C10H11BrN2O2/c11-8-6-7(2-3-9(8)12)10(14)13-4-1-5-15-13/h2-3,6H,1,4-5,12H2. The van der Waals surface area contributed by atoms with Gasteiger partial charge in [-0.3, -0.25) is 9.63 Å². The van der Waals surface area contributed by atoms with Gasteiger partial charge in [0.2, 0.25) is 0 Å². The maximum Gasteiger partial charge on any atom is 0.277 e. The van der Waals surface area contributed by atoms with Gasteiger partial charge in [-0.1, -0.05) is 0 Å². The maximum atomic E-state index is 11.8. The predicted octanol–water partition coefficient (Wildman–Crippen LogP) is 1.81. The molecule has 0 saturated carbocycles. The number of anilines is 1. The second-order valence-corrected chi connectivity index (χ2v) is 4.18. The largest absolute Gasteiger partial charge is 0.398 e. The number of halogens is 1. The monoisotopic (exact) mass is 270 g/mol. The van der Waals surface area contributed by atoms with E-state index in [4.69, 9.17) is 10.6 Å². The lowest BCUT2D eigenvalue weighted by Crippen LogP contribution is -2.26. The molecule has 1 aliphatic rings. The Balaban J connectivity index is 2.21. The van der Waals surface area contributed by atoms with E-state index < -0.39 is 0 Å². The van der Waals surface area contributed by atoms with Crippen molar-refractivity contribution in [3.05, 3.63) is 28.2 Å². The van der Waals surface area contributed by atoms with Crippen molar-refractivity contribution in [2.24, 2.45) is 0 Å². The van der Waals surface area contributed by atoms with E-state index in [1.54, 1.807) is 18.2 Å². The fraction of sp³-hybridized carbons (Fsp3) is 0.300. The van der Waals surface area contributed by atoms with Gasteiger partial charge in [-0.15, -0.1) is 0 Å². The van der Waals surface area contributed by atoms with E-state index in [0.29, 0.717) is 24.4 Å². The number of carbonyl (C=O) groups excluding carboxylic acids is 1. The van der Waals surface area contributed by atoms with Crippen molar-refractivity contribution >= 4 is 27.5 Å². The number of hydrogen-bond acceptors (Lipinski definition) is 3. The second kappa shape index (κ2) is 4.20. The molecule has 1 aliphatic heterocycles. The average Bonchev–Trinajstić information content (AvgIpc) is 2.74. The molecule has 1 fully saturated rings. The fourth-order valence-electron chi connectivity index (χ4n) is 1.41. The van der Waals surface area contributed by atoms with Gasteiger partial charge in [-0.25, -0.2) is 5.06 Å². The van der Waals surface area contributed by atoms with E-state index in [-0.39, 0.29) is 5.91 Å². The van der Waals surface area contributed by atoms with Crippen LogP contribution in [0, 0.1) is 0 Å². The summed E-state index contributed by atoms with van der Waals surface area (Å²) in [7, 11) is 0. The minimum Gasteiger partial charge on any atom is -0.398 e. The maximum absolute atomic E-state index is 11.8. The molecule has 4 nitrogen and oxygen atoms in total. The van der Waals surface area contributed by atoms with Crippen molar-refractivity contribution in [2.45, 2.75) is 6.42 Å². The molecule has 0 unspecified atom stereocenters. The van der Waals surface area contributed by atoms with Gasteiger partial charge in [0.1, 0.15) is 0 Å². The highest BCUT2D eigenvalue weighted by atomic mass is 79.9. The van der Waals surface area contributed by atoms with Gasteiger partial charge in [0.05, 0.1) is 13.2 Å². The Kier molecular flexibility index (Phi) is 2.93. The summed E-state index contributed by atoms with van der Waals surface area (Å²) < 4.78 is 0.729. The van der Waals surface area contributed by atoms with E-state index in [0.717, 1.165) is 10.9 Å². The molecule has 1 saturated heterocycles. The topological polar surface area (TPSA) is 55.6 Å². The molecule has 1 amide bonds. The lowest BCUT2D eigenvalue weighted by molar-refractivity contribution is -0.0768. The second-order valence-electron chi connectivity index (χ2n) is 3.33. The Bertz CT molecular complexity index is 389. The number of hydroxylamine groups is 2. The van der Waals surface area contributed by atoms with Crippen molar-refractivity contribution in [2.75, 3.05) is 18.9 Å². The molecule has 1 aromatic rings. The first-order chi connectivity index (χ1) is 7.18. The van der Waals surface area contributed by atoms with Gasteiger partial charge in [0.15, 0.2) is 0 Å². The van der Waals surface area contributed by atoms with Gasteiger partial charge in [0.25, 0.3) is 5.91 Å². The molecule has 0 atom stereocenters. The summed E-state index contributed by atoms with van der Waals surface area (Å²) in [6, 6.07) is 5.11. The zero-order chi connectivity index (χ0) is 10.8. The average molecular weight is 271 g/mol. The van der Waals surface area contributed by atoms with Gasteiger partial charge in [-0.2, -0.15) is 0 Å². The lowest BCUT2D eigenvalue weighted by Gasteiger charge is -2.14. The van der Waals surface area contributed by atoms with Crippen molar-refractivity contribution in [1.82, 2.24) is 5.06 Å². The fourth-order valence-corrected chi connectivity index (χ4v) is 1.79. The van der Waals surface area contributed by atoms with E-state index >= 15 is 0 Å². The molecule has 1 heterocycles. The molecule has 5 heteroatoms. The third-order valence-corrected chi connectivity index (χ3v) is 2.91. The number of nitrogens with two attached hydrogens (primary N) is 1. The smallest absolute Gasteiger partial charge is 0.277 e. The zero-order valence-electron chi connectivity index (χ0n) is 8.07. The van der Waals surface area contributed by atoms with Gasteiger partial charge in [-0.05, 0) is 40.5 Å². The Morgan fingerprint density at radius 1 is 1.53 bits per heavy atom. The molecule has 0 radical (unpaired) electrons. The van der Waals surface area contributed by atoms with E-state index in [1.165, 1.54) is 5.06 Å². The Morgan fingerprint density at radius 3 is 2.93 bits per heavy atom. The van der Waals surface area contributed by atoms with Crippen LogP contribution in [0.3, 0.4) is 0 Å². The van der Waals surface area contributed by atoms with E-state index in [1.807, 2.05) is 0 Å². The first-order valence-electron chi connectivity index (χ1n) is 4.68. The van der Waals surface area contributed by atoms with Crippen LogP contribution in [0.15, 0.2) is 22.7 Å². The van der Waals surface area contributed by atoms with Crippen molar-refractivity contribution in [3.63, 3.8) is 0 Å². The van der Waals surface area contributed by atoms with Crippen LogP contribution < -0.4 is 5.73 Å². The Morgan fingerprint density at radius 2 is 2.33 bits per heavy atom. The molecule has 2 N–H and O–H groups in total. The number of nitrogens with zero attached hydrogens (tertiary/aromatic N) is 1. The van der Waals surface area contributed by atoms with Crippen molar-refractivity contribution in [3.8, 4) is 0 Å². The van der Waals surface area contributed by atoms with Crippen LogP contribution >= 0.6 is 15.9 Å². The molecular weight excluding hydrogens is 260 g/mol. The Labute approximate surface area is 96.1 Å². The molecule has 1 aromatic carbocycles.